The summed E-state index contributed by atoms with van der Waals surface area (Å²) >= 11 is 5.65. The van der Waals surface area contributed by atoms with Gasteiger partial charge in [-0.3, -0.25) is 0 Å². The van der Waals surface area contributed by atoms with E-state index >= 15 is 0 Å². The van der Waals surface area contributed by atoms with E-state index in [0.717, 1.165) is 0 Å². The zero-order valence-corrected chi connectivity index (χ0v) is 11.7. The molecule has 1 heterocycles. The van der Waals surface area contributed by atoms with Gasteiger partial charge in [0.25, 0.3) is 0 Å². The lowest BCUT2D eigenvalue weighted by molar-refractivity contribution is 0.0456. The molecule has 0 spiro atoms. The third kappa shape index (κ3) is 3.11. The molecular formula is C14H14ClFN2O2. The number of aromatic nitrogens is 1. The number of anilines is 1. The number of nitrogens with two attached hydrogens (primary N) is 1. The maximum atomic E-state index is 13.6. The minimum Gasteiger partial charge on any atom is -0.456 e. The van der Waals surface area contributed by atoms with Gasteiger partial charge in [-0.2, -0.15) is 0 Å². The van der Waals surface area contributed by atoms with E-state index in [1.165, 1.54) is 18.2 Å². The molecule has 0 bridgehead atoms. The maximum Gasteiger partial charge on any atom is 0.355 e. The summed E-state index contributed by atoms with van der Waals surface area (Å²) in [6.45, 7) is 2.32. The van der Waals surface area contributed by atoms with Crippen molar-refractivity contribution in [1.82, 2.24) is 4.57 Å². The van der Waals surface area contributed by atoms with Crippen LogP contribution in [0.4, 0.5) is 10.1 Å². The van der Waals surface area contributed by atoms with E-state index in [2.05, 4.69) is 0 Å². The van der Waals surface area contributed by atoms with Gasteiger partial charge in [-0.1, -0.05) is 17.7 Å². The number of ether oxygens (including phenoxy) is 1. The summed E-state index contributed by atoms with van der Waals surface area (Å²) in [5, 5.41) is 0.296. The number of nitrogen functional groups attached to an aromatic ring is 1. The summed E-state index contributed by atoms with van der Waals surface area (Å²) < 4.78 is 20.3. The van der Waals surface area contributed by atoms with Crippen LogP contribution in [-0.2, 0) is 17.9 Å². The zero-order valence-electron chi connectivity index (χ0n) is 10.9. The van der Waals surface area contributed by atoms with Crippen LogP contribution in [0.25, 0.3) is 0 Å². The molecule has 0 atom stereocenters. The first-order valence-corrected chi connectivity index (χ1v) is 6.45. The highest BCUT2D eigenvalue weighted by Crippen LogP contribution is 2.17. The Balaban J connectivity index is 2.08. The fraction of sp³-hybridized carbons (Fsp3) is 0.214. The second-order valence-corrected chi connectivity index (χ2v) is 4.69. The van der Waals surface area contributed by atoms with Gasteiger partial charge in [0.1, 0.15) is 18.1 Å². The molecule has 4 nitrogen and oxygen atoms in total. The quantitative estimate of drug-likeness (QED) is 0.881. The Kier molecular flexibility index (Phi) is 4.29. The molecular weight excluding hydrogens is 283 g/mol. The number of carbonyl (C=O) groups excluding carboxylic acids is 1. The Morgan fingerprint density at radius 1 is 1.45 bits per heavy atom. The summed E-state index contributed by atoms with van der Waals surface area (Å²) in [7, 11) is 0. The molecule has 0 aliphatic heterocycles. The van der Waals surface area contributed by atoms with Crippen molar-refractivity contribution < 1.29 is 13.9 Å². The third-order valence-electron chi connectivity index (χ3n) is 2.84. The summed E-state index contributed by atoms with van der Waals surface area (Å²) in [5.74, 6) is -1.05. The van der Waals surface area contributed by atoms with Crippen LogP contribution in [-0.4, -0.2) is 10.5 Å². The van der Waals surface area contributed by atoms with E-state index in [0.29, 0.717) is 22.9 Å². The van der Waals surface area contributed by atoms with Crippen LogP contribution in [0.15, 0.2) is 30.5 Å². The van der Waals surface area contributed by atoms with E-state index < -0.39 is 11.8 Å². The van der Waals surface area contributed by atoms with E-state index in [9.17, 15) is 9.18 Å². The minimum atomic E-state index is -0.544. The summed E-state index contributed by atoms with van der Waals surface area (Å²) in [6, 6.07) is 5.74. The predicted octanol–water partition coefficient (Wildman–Crippen LogP) is 3.24. The van der Waals surface area contributed by atoms with E-state index in [1.54, 1.807) is 16.8 Å². The molecule has 0 amide bonds. The number of aryl methyl sites for hydroxylation is 1. The Labute approximate surface area is 120 Å². The number of hydrogen-bond acceptors (Lipinski definition) is 3. The van der Waals surface area contributed by atoms with Crippen LogP contribution < -0.4 is 5.73 Å². The van der Waals surface area contributed by atoms with Gasteiger partial charge < -0.3 is 15.0 Å². The standard InChI is InChI=1S/C14H14ClFN2O2/c1-2-18-7-11(17)6-13(18)14(19)20-8-9-3-4-10(15)5-12(9)16/h3-7H,2,8,17H2,1H3. The van der Waals surface area contributed by atoms with Crippen molar-refractivity contribution in [2.45, 2.75) is 20.1 Å². The van der Waals surface area contributed by atoms with Gasteiger partial charge in [0.05, 0.1) is 5.69 Å². The lowest BCUT2D eigenvalue weighted by atomic mass is 10.2. The Morgan fingerprint density at radius 2 is 2.20 bits per heavy atom. The van der Waals surface area contributed by atoms with E-state index in [4.69, 9.17) is 22.1 Å². The van der Waals surface area contributed by atoms with Crippen LogP contribution in [0, 0.1) is 5.82 Å². The molecule has 0 fully saturated rings. The Bertz CT molecular complexity index is 640. The molecule has 0 aliphatic carbocycles. The fourth-order valence-electron chi connectivity index (χ4n) is 1.82. The van der Waals surface area contributed by atoms with Gasteiger partial charge in [-0.25, -0.2) is 9.18 Å². The van der Waals surface area contributed by atoms with Crippen LogP contribution in [0.2, 0.25) is 5.02 Å². The lowest BCUT2D eigenvalue weighted by Crippen LogP contribution is -2.11. The average molecular weight is 297 g/mol. The van der Waals surface area contributed by atoms with Crippen LogP contribution in [0.3, 0.4) is 0 Å². The number of hydrogen-bond donors (Lipinski definition) is 1. The van der Waals surface area contributed by atoms with Crippen molar-refractivity contribution in [2.75, 3.05) is 5.73 Å². The number of esters is 1. The van der Waals surface area contributed by atoms with Crippen LogP contribution >= 0.6 is 11.6 Å². The minimum absolute atomic E-state index is 0.156. The second kappa shape index (κ2) is 5.96. The summed E-state index contributed by atoms with van der Waals surface area (Å²) in [6.07, 6.45) is 1.65. The molecule has 0 radical (unpaired) electrons. The molecule has 6 heteroatoms. The van der Waals surface area contributed by atoms with Crippen molar-refractivity contribution in [3.63, 3.8) is 0 Å². The summed E-state index contributed by atoms with van der Waals surface area (Å²) in [5.41, 5.74) is 6.74. The molecule has 0 saturated heterocycles. The second-order valence-electron chi connectivity index (χ2n) is 4.26. The predicted molar refractivity (Wildman–Crippen MR) is 75.0 cm³/mol. The number of carbonyl (C=O) groups is 1. The molecule has 1 aromatic carbocycles. The highest BCUT2D eigenvalue weighted by Gasteiger charge is 2.14. The highest BCUT2D eigenvalue weighted by atomic mass is 35.5. The maximum absolute atomic E-state index is 13.6. The number of rotatable bonds is 4. The number of halogens is 2. The zero-order chi connectivity index (χ0) is 14.7. The largest absolute Gasteiger partial charge is 0.456 e. The van der Waals surface area contributed by atoms with Gasteiger partial charge in [0, 0.05) is 23.3 Å². The van der Waals surface area contributed by atoms with Gasteiger partial charge in [-0.15, -0.1) is 0 Å². The first-order valence-electron chi connectivity index (χ1n) is 6.08. The van der Waals surface area contributed by atoms with Gasteiger partial charge in [0.2, 0.25) is 0 Å². The van der Waals surface area contributed by atoms with Crippen molar-refractivity contribution in [3.05, 3.63) is 52.6 Å². The molecule has 1 aromatic heterocycles. The number of benzene rings is 1. The van der Waals surface area contributed by atoms with E-state index in [-0.39, 0.29) is 12.2 Å². The van der Waals surface area contributed by atoms with Gasteiger partial charge in [0.15, 0.2) is 0 Å². The molecule has 106 valence electrons. The first kappa shape index (κ1) is 14.4. The van der Waals surface area contributed by atoms with Crippen molar-refractivity contribution in [1.29, 1.82) is 0 Å². The molecule has 0 unspecified atom stereocenters. The smallest absolute Gasteiger partial charge is 0.355 e. The Hall–Kier alpha value is -2.01. The van der Waals surface area contributed by atoms with Gasteiger partial charge >= 0.3 is 5.97 Å². The van der Waals surface area contributed by atoms with Gasteiger partial charge in [-0.05, 0) is 25.1 Å². The topological polar surface area (TPSA) is 57.2 Å². The monoisotopic (exact) mass is 296 g/mol. The fourth-order valence-corrected chi connectivity index (χ4v) is 1.98. The van der Waals surface area contributed by atoms with E-state index in [1.807, 2.05) is 6.92 Å². The molecule has 20 heavy (non-hydrogen) atoms. The van der Waals surface area contributed by atoms with Crippen molar-refractivity contribution in [2.24, 2.45) is 0 Å². The molecule has 0 saturated carbocycles. The van der Waals surface area contributed by atoms with Crippen molar-refractivity contribution >= 4 is 23.3 Å². The molecule has 0 aliphatic rings. The van der Waals surface area contributed by atoms with Crippen molar-refractivity contribution in [3.8, 4) is 0 Å². The van der Waals surface area contributed by atoms with Crippen LogP contribution in [0.1, 0.15) is 23.0 Å². The van der Waals surface area contributed by atoms with Crippen LogP contribution in [0.5, 0.6) is 0 Å². The number of nitrogens with zero attached hydrogens (tertiary/aromatic N) is 1. The summed E-state index contributed by atoms with van der Waals surface area (Å²) in [4.78, 5) is 11.9. The Morgan fingerprint density at radius 3 is 2.85 bits per heavy atom. The molecule has 2 aromatic rings. The normalized spacial score (nSPS) is 10.6. The molecule has 2 rings (SSSR count). The average Bonchev–Trinajstić information content (AvgIpc) is 2.78. The first-order chi connectivity index (χ1) is 9.51. The third-order valence-corrected chi connectivity index (χ3v) is 3.08. The highest BCUT2D eigenvalue weighted by molar-refractivity contribution is 6.30. The lowest BCUT2D eigenvalue weighted by Gasteiger charge is -2.08. The molecule has 2 N–H and O–H groups in total. The SMILES string of the molecule is CCn1cc(N)cc1C(=O)OCc1ccc(Cl)cc1F.